The third-order valence-electron chi connectivity index (χ3n) is 6.40. The Bertz CT molecular complexity index is 244. The lowest BCUT2D eigenvalue weighted by Gasteiger charge is -2.17. The molecule has 0 radical (unpaired) electrons. The summed E-state index contributed by atoms with van der Waals surface area (Å²) in [7, 11) is 0. The van der Waals surface area contributed by atoms with Crippen molar-refractivity contribution in [2.24, 2.45) is 5.92 Å². The lowest BCUT2D eigenvalue weighted by Crippen LogP contribution is -2.01. The largest absolute Gasteiger partial charge is 0.0654 e. The molecule has 164 valence electrons. The summed E-state index contributed by atoms with van der Waals surface area (Å²) in [6, 6.07) is 0. The van der Waals surface area contributed by atoms with Crippen LogP contribution >= 0.6 is 0 Å². The predicted octanol–water partition coefficient (Wildman–Crippen LogP) is 10.6. The Morgan fingerprint density at radius 3 is 0.852 bits per heavy atom. The highest BCUT2D eigenvalue weighted by atomic mass is 14.1. The van der Waals surface area contributed by atoms with Crippen LogP contribution in [0.4, 0.5) is 0 Å². The number of rotatable bonds is 23. The molecule has 0 fully saturated rings. The predicted molar refractivity (Wildman–Crippen MR) is 127 cm³/mol. The molecular weight excluding hydrogens is 324 g/mol. The molecule has 0 aromatic carbocycles. The van der Waals surface area contributed by atoms with Gasteiger partial charge < -0.3 is 0 Å². The molecule has 0 aliphatic rings. The van der Waals surface area contributed by atoms with E-state index in [1.807, 2.05) is 0 Å². The molecule has 0 aliphatic carbocycles. The maximum absolute atomic E-state index is 2.34. The fourth-order valence-corrected chi connectivity index (χ4v) is 4.43. The second kappa shape index (κ2) is 24.0. The lowest BCUT2D eigenvalue weighted by atomic mass is 9.89. The molecule has 0 aliphatic heterocycles. The average molecular weight is 381 g/mol. The van der Waals surface area contributed by atoms with Crippen molar-refractivity contribution in [3.05, 3.63) is 0 Å². The van der Waals surface area contributed by atoms with Crippen LogP contribution < -0.4 is 0 Å². The van der Waals surface area contributed by atoms with Gasteiger partial charge in [-0.15, -0.1) is 0 Å². The minimum absolute atomic E-state index is 1.04. The fraction of sp³-hybridized carbons (Fsp3) is 1.00. The van der Waals surface area contributed by atoms with E-state index in [9.17, 15) is 0 Å². The van der Waals surface area contributed by atoms with E-state index in [0.29, 0.717) is 0 Å². The SMILES string of the molecule is CCCCCCCCCCCCCC(CCCCC)CCCCCCCC. The minimum Gasteiger partial charge on any atom is -0.0654 e. The summed E-state index contributed by atoms with van der Waals surface area (Å²) in [5.74, 6) is 1.04. The molecule has 0 saturated carbocycles. The van der Waals surface area contributed by atoms with Crippen LogP contribution in [0, 0.1) is 5.92 Å². The summed E-state index contributed by atoms with van der Waals surface area (Å²) in [5.41, 5.74) is 0. The van der Waals surface area contributed by atoms with Crippen LogP contribution in [0.2, 0.25) is 0 Å². The molecule has 0 heterocycles. The van der Waals surface area contributed by atoms with Crippen LogP contribution in [-0.4, -0.2) is 0 Å². The van der Waals surface area contributed by atoms with E-state index in [1.165, 1.54) is 148 Å². The van der Waals surface area contributed by atoms with Gasteiger partial charge in [-0.2, -0.15) is 0 Å². The van der Waals surface area contributed by atoms with Gasteiger partial charge in [0, 0.05) is 0 Å². The summed E-state index contributed by atoms with van der Waals surface area (Å²) < 4.78 is 0. The molecule has 0 saturated heterocycles. The summed E-state index contributed by atoms with van der Waals surface area (Å²) in [6.45, 7) is 6.96. The van der Waals surface area contributed by atoms with Crippen LogP contribution in [0.25, 0.3) is 0 Å². The van der Waals surface area contributed by atoms with Gasteiger partial charge in [0.05, 0.1) is 0 Å². The maximum atomic E-state index is 2.34. The highest BCUT2D eigenvalue weighted by molar-refractivity contribution is 4.62. The van der Waals surface area contributed by atoms with Gasteiger partial charge in [0.25, 0.3) is 0 Å². The Labute approximate surface area is 174 Å². The normalized spacial score (nSPS) is 12.6. The van der Waals surface area contributed by atoms with Gasteiger partial charge in [-0.05, 0) is 5.92 Å². The van der Waals surface area contributed by atoms with E-state index in [4.69, 9.17) is 0 Å². The van der Waals surface area contributed by atoms with Gasteiger partial charge in [0.2, 0.25) is 0 Å². The molecule has 0 nitrogen and oxygen atoms in total. The molecule has 27 heavy (non-hydrogen) atoms. The summed E-state index contributed by atoms with van der Waals surface area (Å²) in [4.78, 5) is 0. The topological polar surface area (TPSA) is 0 Å². The maximum Gasteiger partial charge on any atom is -0.0414 e. The third kappa shape index (κ3) is 22.2. The first-order chi connectivity index (χ1) is 13.3. The lowest BCUT2D eigenvalue weighted by molar-refractivity contribution is 0.367. The molecule has 1 atom stereocenters. The zero-order valence-corrected chi connectivity index (χ0v) is 19.8. The molecule has 0 N–H and O–H groups in total. The highest BCUT2D eigenvalue weighted by Gasteiger charge is 2.08. The van der Waals surface area contributed by atoms with Gasteiger partial charge in [-0.1, -0.05) is 168 Å². The first-order valence-corrected chi connectivity index (χ1v) is 13.3. The van der Waals surface area contributed by atoms with E-state index in [1.54, 1.807) is 0 Å². The Kier molecular flexibility index (Phi) is 24.0. The molecule has 1 unspecified atom stereocenters. The molecule has 0 spiro atoms. The van der Waals surface area contributed by atoms with Crippen molar-refractivity contribution in [3.63, 3.8) is 0 Å². The summed E-state index contributed by atoms with van der Waals surface area (Å²) in [5, 5.41) is 0. The number of hydrogen-bond acceptors (Lipinski definition) is 0. The third-order valence-corrected chi connectivity index (χ3v) is 6.40. The summed E-state index contributed by atoms with van der Waals surface area (Å²) in [6.07, 6.45) is 33.8. The van der Waals surface area contributed by atoms with Gasteiger partial charge >= 0.3 is 0 Å². The van der Waals surface area contributed by atoms with Crippen LogP contribution in [0.3, 0.4) is 0 Å². The molecule has 0 amide bonds. The molecule has 0 aromatic rings. The van der Waals surface area contributed by atoms with Crippen LogP contribution in [-0.2, 0) is 0 Å². The van der Waals surface area contributed by atoms with Crippen molar-refractivity contribution < 1.29 is 0 Å². The first-order valence-electron chi connectivity index (χ1n) is 13.3. The van der Waals surface area contributed by atoms with Gasteiger partial charge in [-0.3, -0.25) is 0 Å². The molecule has 0 bridgehead atoms. The standard InChI is InChI=1S/C27H56/c1-4-7-10-12-14-15-16-17-18-20-23-26-27(24-21-9-6-3)25-22-19-13-11-8-5-2/h27H,4-26H2,1-3H3. The number of unbranched alkanes of at least 4 members (excludes halogenated alkanes) is 17. The monoisotopic (exact) mass is 380 g/mol. The van der Waals surface area contributed by atoms with Crippen LogP contribution in [0.5, 0.6) is 0 Å². The van der Waals surface area contributed by atoms with Crippen LogP contribution in [0.15, 0.2) is 0 Å². The Balaban J connectivity index is 3.57. The zero-order chi connectivity index (χ0) is 19.8. The molecule has 0 heteroatoms. The molecule has 0 rings (SSSR count). The van der Waals surface area contributed by atoms with Crippen molar-refractivity contribution in [1.82, 2.24) is 0 Å². The second-order valence-electron chi connectivity index (χ2n) is 9.24. The van der Waals surface area contributed by atoms with E-state index in [0.717, 1.165) is 5.92 Å². The number of hydrogen-bond donors (Lipinski definition) is 0. The van der Waals surface area contributed by atoms with Crippen molar-refractivity contribution >= 4 is 0 Å². The van der Waals surface area contributed by atoms with Gasteiger partial charge in [0.15, 0.2) is 0 Å². The summed E-state index contributed by atoms with van der Waals surface area (Å²) >= 11 is 0. The van der Waals surface area contributed by atoms with Crippen molar-refractivity contribution in [2.45, 2.75) is 168 Å². The first kappa shape index (κ1) is 27.0. The van der Waals surface area contributed by atoms with Crippen LogP contribution in [0.1, 0.15) is 168 Å². The minimum atomic E-state index is 1.04. The van der Waals surface area contributed by atoms with Crippen molar-refractivity contribution in [1.29, 1.82) is 0 Å². The van der Waals surface area contributed by atoms with Gasteiger partial charge in [-0.25, -0.2) is 0 Å². The van der Waals surface area contributed by atoms with Crippen molar-refractivity contribution in [3.8, 4) is 0 Å². The second-order valence-corrected chi connectivity index (χ2v) is 9.24. The average Bonchev–Trinajstić information content (AvgIpc) is 2.68. The van der Waals surface area contributed by atoms with Gasteiger partial charge in [0.1, 0.15) is 0 Å². The Morgan fingerprint density at radius 2 is 0.519 bits per heavy atom. The highest BCUT2D eigenvalue weighted by Crippen LogP contribution is 2.24. The van der Waals surface area contributed by atoms with E-state index < -0.39 is 0 Å². The molecule has 0 aromatic heterocycles. The Morgan fingerprint density at radius 1 is 0.296 bits per heavy atom. The Hall–Kier alpha value is 0. The van der Waals surface area contributed by atoms with Crippen molar-refractivity contribution in [2.75, 3.05) is 0 Å². The molecular formula is C27H56. The smallest absolute Gasteiger partial charge is 0.0414 e. The zero-order valence-electron chi connectivity index (χ0n) is 19.8. The van der Waals surface area contributed by atoms with E-state index in [-0.39, 0.29) is 0 Å². The van der Waals surface area contributed by atoms with E-state index >= 15 is 0 Å². The fourth-order valence-electron chi connectivity index (χ4n) is 4.43. The van der Waals surface area contributed by atoms with E-state index in [2.05, 4.69) is 20.8 Å². The quantitative estimate of drug-likeness (QED) is 0.155.